The van der Waals surface area contributed by atoms with Crippen molar-refractivity contribution in [3.63, 3.8) is 0 Å². The van der Waals surface area contributed by atoms with Gasteiger partial charge in [-0.3, -0.25) is 4.57 Å². The zero-order valence-corrected chi connectivity index (χ0v) is 36.9. The lowest BCUT2D eigenvalue weighted by atomic mass is 9.98. The van der Waals surface area contributed by atoms with Crippen LogP contribution in [0.15, 0.2) is 258 Å². The lowest BCUT2D eigenvalue weighted by Gasteiger charge is -2.34. The first kappa shape index (κ1) is 38.1. The Bertz CT molecular complexity index is 3830. The smallest absolute Gasteiger partial charge is 0.213 e. The molecule has 0 aliphatic heterocycles. The third-order valence-electron chi connectivity index (χ3n) is 13.6. The van der Waals surface area contributed by atoms with Crippen molar-refractivity contribution in [2.24, 2.45) is 0 Å². The minimum absolute atomic E-state index is 0.835. The number of furan rings is 2. The molecule has 0 radical (unpaired) electrons. The number of para-hydroxylation sites is 1. The van der Waals surface area contributed by atoms with E-state index in [-0.39, 0.29) is 0 Å². The second-order valence-corrected chi connectivity index (χ2v) is 21.0. The molecule has 0 bridgehead atoms. The minimum atomic E-state index is -2.69. The summed E-state index contributed by atoms with van der Waals surface area (Å²) < 4.78 is 15.5. The maximum Gasteiger partial charge on any atom is 0.213 e. The van der Waals surface area contributed by atoms with Crippen LogP contribution in [0.5, 0.6) is 0 Å². The molecule has 0 fully saturated rings. The summed E-state index contributed by atoms with van der Waals surface area (Å²) in [7, 11) is -2.69. The van der Waals surface area contributed by atoms with E-state index in [0.717, 1.165) is 71.7 Å². The molecule has 310 valence electrons. The summed E-state index contributed by atoms with van der Waals surface area (Å²) in [6.07, 6.45) is 0. The Labute approximate surface area is 383 Å². The first-order valence-electron chi connectivity index (χ1n) is 22.6. The molecule has 4 heteroatoms. The number of benzene rings is 10. The highest BCUT2D eigenvalue weighted by atomic mass is 28.3. The summed E-state index contributed by atoms with van der Waals surface area (Å²) in [5, 5.41) is 11.0. The van der Waals surface area contributed by atoms with Gasteiger partial charge in [-0.1, -0.05) is 194 Å². The van der Waals surface area contributed by atoms with Crippen molar-refractivity contribution < 1.29 is 8.83 Å². The molecule has 3 heterocycles. The van der Waals surface area contributed by atoms with Crippen LogP contribution in [0.3, 0.4) is 0 Å². The van der Waals surface area contributed by atoms with E-state index >= 15 is 0 Å². The van der Waals surface area contributed by atoms with Gasteiger partial charge >= 0.3 is 0 Å². The fourth-order valence-electron chi connectivity index (χ4n) is 10.5. The molecule has 0 saturated heterocycles. The number of rotatable bonds is 8. The van der Waals surface area contributed by atoms with Crippen LogP contribution in [-0.2, 0) is 0 Å². The third-order valence-corrected chi connectivity index (χ3v) is 18.3. The molecule has 10 aromatic carbocycles. The van der Waals surface area contributed by atoms with E-state index in [1.54, 1.807) is 0 Å². The van der Waals surface area contributed by atoms with E-state index in [1.165, 1.54) is 43.0 Å². The molecular formula is C62H41NO2Si. The first-order valence-corrected chi connectivity index (χ1v) is 24.6. The summed E-state index contributed by atoms with van der Waals surface area (Å²) in [5.74, 6) is 0. The molecule has 66 heavy (non-hydrogen) atoms. The zero-order valence-electron chi connectivity index (χ0n) is 35.9. The Balaban J connectivity index is 0.927. The van der Waals surface area contributed by atoms with Crippen LogP contribution >= 0.6 is 0 Å². The number of nitrogens with zero attached hydrogens (tertiary/aromatic N) is 1. The highest BCUT2D eigenvalue weighted by molar-refractivity contribution is 7.19. The second-order valence-electron chi connectivity index (χ2n) is 17.2. The van der Waals surface area contributed by atoms with Gasteiger partial charge in [-0.2, -0.15) is 0 Å². The van der Waals surface area contributed by atoms with Crippen LogP contribution in [0.2, 0.25) is 0 Å². The van der Waals surface area contributed by atoms with E-state index in [2.05, 4.69) is 247 Å². The van der Waals surface area contributed by atoms with E-state index in [0.29, 0.717) is 0 Å². The standard InChI is InChI=1S/C62H41NO2Si/c1-5-17-42(18-6-1)46-31-34-57-56(40-46)61-53-29-13-14-30-58(53)65-62(61)63(57)48-33-36-60-55(41-48)54-39-47(32-35-59(54)64-60)44-20-15-19-43(37-44)45-21-16-28-52(38-45)66(49-22-7-2-8-23-49,50-24-9-3-10-25-50)51-26-11-4-12-27-51/h1-41H. The molecule has 0 N–H and O–H groups in total. The predicted molar refractivity (Wildman–Crippen MR) is 278 cm³/mol. The van der Waals surface area contributed by atoms with Gasteiger partial charge in [0.25, 0.3) is 0 Å². The molecule has 3 nitrogen and oxygen atoms in total. The lowest BCUT2D eigenvalue weighted by molar-refractivity contribution is 0.645. The fraction of sp³-hybridized carbons (Fsp3) is 0. The van der Waals surface area contributed by atoms with Gasteiger partial charge in [-0.05, 0) is 109 Å². The molecule has 0 saturated carbocycles. The molecular weight excluding hydrogens is 819 g/mol. The third kappa shape index (κ3) is 6.03. The minimum Gasteiger partial charge on any atom is -0.456 e. The van der Waals surface area contributed by atoms with Gasteiger partial charge in [0.15, 0.2) is 8.07 Å². The predicted octanol–water partition coefficient (Wildman–Crippen LogP) is 13.8. The van der Waals surface area contributed by atoms with E-state index in [4.69, 9.17) is 8.83 Å². The molecule has 13 rings (SSSR count). The second kappa shape index (κ2) is 15.4. The van der Waals surface area contributed by atoms with Gasteiger partial charge in [-0.15, -0.1) is 0 Å². The highest BCUT2D eigenvalue weighted by Crippen LogP contribution is 2.42. The Kier molecular flexibility index (Phi) is 8.86. The van der Waals surface area contributed by atoms with Gasteiger partial charge in [0.2, 0.25) is 5.71 Å². The number of aromatic nitrogens is 1. The Morgan fingerprint density at radius 3 is 1.44 bits per heavy atom. The zero-order chi connectivity index (χ0) is 43.6. The lowest BCUT2D eigenvalue weighted by Crippen LogP contribution is -2.74. The number of fused-ring (bicyclic) bond motifs is 8. The average Bonchev–Trinajstić information content (AvgIpc) is 4.06. The molecule has 13 aromatic rings. The van der Waals surface area contributed by atoms with Gasteiger partial charge < -0.3 is 8.83 Å². The van der Waals surface area contributed by atoms with Crippen molar-refractivity contribution >= 4 is 83.7 Å². The molecule has 0 unspecified atom stereocenters. The van der Waals surface area contributed by atoms with Crippen molar-refractivity contribution in [3.05, 3.63) is 249 Å². The fourth-order valence-corrected chi connectivity index (χ4v) is 15.3. The van der Waals surface area contributed by atoms with Crippen molar-refractivity contribution in [3.8, 4) is 39.1 Å². The summed E-state index contributed by atoms with van der Waals surface area (Å²) in [6, 6.07) is 90.4. The summed E-state index contributed by atoms with van der Waals surface area (Å²) in [5.41, 5.74) is 12.6. The van der Waals surface area contributed by atoms with Gasteiger partial charge in [0.1, 0.15) is 16.7 Å². The van der Waals surface area contributed by atoms with Crippen LogP contribution in [0.25, 0.3) is 94.0 Å². The van der Waals surface area contributed by atoms with Gasteiger partial charge in [-0.25, -0.2) is 0 Å². The molecule has 0 atom stereocenters. The van der Waals surface area contributed by atoms with Gasteiger partial charge in [0.05, 0.1) is 10.9 Å². The highest BCUT2D eigenvalue weighted by Gasteiger charge is 2.41. The van der Waals surface area contributed by atoms with Crippen LogP contribution in [-0.4, -0.2) is 12.6 Å². The first-order chi connectivity index (χ1) is 32.7. The summed E-state index contributed by atoms with van der Waals surface area (Å²) in [4.78, 5) is 0. The Morgan fingerprint density at radius 2 is 0.758 bits per heavy atom. The molecule has 0 aliphatic rings. The normalized spacial score (nSPS) is 11.9. The topological polar surface area (TPSA) is 31.2 Å². The Hall–Kier alpha value is -8.44. The monoisotopic (exact) mass is 859 g/mol. The molecule has 0 aliphatic carbocycles. The van der Waals surface area contributed by atoms with Crippen LogP contribution in [0, 0.1) is 0 Å². The maximum absolute atomic E-state index is 6.71. The maximum atomic E-state index is 6.71. The van der Waals surface area contributed by atoms with Crippen LogP contribution < -0.4 is 20.7 Å². The quantitative estimate of drug-likeness (QED) is 0.113. The molecule has 0 amide bonds. The van der Waals surface area contributed by atoms with Crippen LogP contribution in [0.4, 0.5) is 0 Å². The summed E-state index contributed by atoms with van der Waals surface area (Å²) >= 11 is 0. The number of hydrogen-bond donors (Lipinski definition) is 0. The van der Waals surface area contributed by atoms with Crippen LogP contribution in [0.1, 0.15) is 0 Å². The van der Waals surface area contributed by atoms with E-state index in [9.17, 15) is 0 Å². The number of hydrogen-bond acceptors (Lipinski definition) is 2. The SMILES string of the molecule is c1ccc(-c2ccc3c(c2)c2c4ccccc4oc2n3-c2ccc3oc4ccc(-c5cccc(-c6cccc([Si](c7ccccc7)(c7ccccc7)c7ccccc7)c6)c5)cc4c3c2)cc1. The van der Waals surface area contributed by atoms with Crippen molar-refractivity contribution in [2.45, 2.75) is 0 Å². The van der Waals surface area contributed by atoms with Crippen molar-refractivity contribution in [2.75, 3.05) is 0 Å². The molecule has 0 spiro atoms. The molecule has 3 aromatic heterocycles. The summed E-state index contributed by atoms with van der Waals surface area (Å²) in [6.45, 7) is 0. The Morgan fingerprint density at radius 1 is 0.288 bits per heavy atom. The van der Waals surface area contributed by atoms with E-state index < -0.39 is 8.07 Å². The average molecular weight is 860 g/mol. The van der Waals surface area contributed by atoms with E-state index in [1.807, 2.05) is 6.07 Å². The van der Waals surface area contributed by atoms with Crippen molar-refractivity contribution in [1.82, 2.24) is 4.57 Å². The largest absolute Gasteiger partial charge is 0.456 e. The van der Waals surface area contributed by atoms with Gasteiger partial charge in [0, 0.05) is 27.2 Å². The van der Waals surface area contributed by atoms with Crippen molar-refractivity contribution in [1.29, 1.82) is 0 Å².